The van der Waals surface area contributed by atoms with Crippen molar-refractivity contribution in [3.63, 3.8) is 0 Å². The molecule has 0 saturated carbocycles. The molecule has 1 rings (SSSR count). The van der Waals surface area contributed by atoms with Crippen molar-refractivity contribution in [3.8, 4) is 6.07 Å². The molecule has 0 aliphatic rings. The Morgan fingerprint density at radius 3 is 2.67 bits per heavy atom. The molecule has 116 valence electrons. The number of esters is 1. The van der Waals surface area contributed by atoms with Gasteiger partial charge >= 0.3 is 5.97 Å². The normalized spacial score (nSPS) is 11.7. The number of nitrogens with zero attached hydrogens (tertiary/aromatic N) is 1. The summed E-state index contributed by atoms with van der Waals surface area (Å²) in [5, 5.41) is 13.3. The fourth-order valence-corrected chi connectivity index (χ4v) is 3.24. The second kappa shape index (κ2) is 8.53. The number of nitrogens with two attached hydrogens (primary N) is 1. The fraction of sp³-hybridized carbons (Fsp3) is 0.600. The van der Waals surface area contributed by atoms with Gasteiger partial charge in [0.05, 0.1) is 12.8 Å². The first-order valence-corrected chi connectivity index (χ1v) is 8.07. The van der Waals surface area contributed by atoms with Gasteiger partial charge in [-0.25, -0.2) is 4.79 Å². The Kier molecular flexibility index (Phi) is 7.03. The summed E-state index contributed by atoms with van der Waals surface area (Å²) in [4.78, 5) is 12.0. The third kappa shape index (κ3) is 4.36. The van der Waals surface area contributed by atoms with Crippen LogP contribution >= 0.6 is 11.3 Å². The first-order chi connectivity index (χ1) is 10.1. The van der Waals surface area contributed by atoms with Gasteiger partial charge in [-0.1, -0.05) is 33.1 Å². The van der Waals surface area contributed by atoms with E-state index in [1.54, 1.807) is 0 Å². The fourth-order valence-electron chi connectivity index (χ4n) is 2.17. The number of carbonyl (C=O) groups excluding carboxylic acids is 1. The predicted octanol–water partition coefficient (Wildman–Crippen LogP) is 3.76. The van der Waals surface area contributed by atoms with Crippen molar-refractivity contribution in [1.82, 2.24) is 0 Å². The summed E-state index contributed by atoms with van der Waals surface area (Å²) in [7, 11) is 1.31. The lowest BCUT2D eigenvalue weighted by Crippen LogP contribution is -2.19. The molecule has 1 aromatic rings. The molecule has 1 heterocycles. The van der Waals surface area contributed by atoms with Crippen molar-refractivity contribution in [2.24, 2.45) is 0 Å². The van der Waals surface area contributed by atoms with E-state index >= 15 is 0 Å². The lowest BCUT2D eigenvalue weighted by molar-refractivity contribution is 0.0607. The van der Waals surface area contributed by atoms with Crippen molar-refractivity contribution < 1.29 is 9.53 Å². The summed E-state index contributed by atoms with van der Waals surface area (Å²) < 4.78 is 4.70. The van der Waals surface area contributed by atoms with Gasteiger partial charge in [-0.2, -0.15) is 5.26 Å². The molecule has 21 heavy (non-hydrogen) atoms. The number of carbonyl (C=O) groups is 1. The molecular formula is C15H23N3O2S. The van der Waals surface area contributed by atoms with Gasteiger partial charge in [0.25, 0.3) is 0 Å². The van der Waals surface area contributed by atoms with Gasteiger partial charge in [0, 0.05) is 6.04 Å². The molecule has 0 amide bonds. The minimum atomic E-state index is -0.498. The highest BCUT2D eigenvalue weighted by Crippen LogP contribution is 2.36. The molecular weight excluding hydrogens is 286 g/mol. The van der Waals surface area contributed by atoms with Crippen LogP contribution in [-0.2, 0) is 4.74 Å². The summed E-state index contributed by atoms with van der Waals surface area (Å²) in [5.41, 5.74) is 6.44. The first-order valence-electron chi connectivity index (χ1n) is 7.26. The monoisotopic (exact) mass is 309 g/mol. The molecule has 0 aliphatic carbocycles. The Hall–Kier alpha value is -1.74. The summed E-state index contributed by atoms with van der Waals surface area (Å²) in [5.74, 6) is -0.498. The number of hydrogen-bond donors (Lipinski definition) is 2. The van der Waals surface area contributed by atoms with Crippen molar-refractivity contribution in [2.45, 2.75) is 52.0 Å². The van der Waals surface area contributed by atoms with E-state index in [0.29, 0.717) is 21.5 Å². The number of rotatable bonds is 8. The van der Waals surface area contributed by atoms with E-state index in [0.717, 1.165) is 32.1 Å². The minimum Gasteiger partial charge on any atom is -0.465 e. The second-order valence-corrected chi connectivity index (χ2v) is 5.95. The number of hydrogen-bond acceptors (Lipinski definition) is 6. The number of nitrogen functional groups attached to an aromatic ring is 1. The summed E-state index contributed by atoms with van der Waals surface area (Å²) in [6, 6.07) is 2.38. The molecule has 1 unspecified atom stereocenters. The zero-order chi connectivity index (χ0) is 15.8. The number of unbranched alkanes of at least 4 members (excludes halogenated alkanes) is 1. The van der Waals surface area contributed by atoms with Crippen LogP contribution in [0, 0.1) is 11.3 Å². The van der Waals surface area contributed by atoms with Crippen molar-refractivity contribution >= 4 is 28.0 Å². The Balaban J connectivity index is 3.00. The molecule has 0 fully saturated rings. The van der Waals surface area contributed by atoms with E-state index in [4.69, 9.17) is 10.5 Å². The number of ether oxygens (including phenoxy) is 1. The Morgan fingerprint density at radius 1 is 1.43 bits per heavy atom. The molecule has 1 atom stereocenters. The zero-order valence-corrected chi connectivity index (χ0v) is 13.7. The van der Waals surface area contributed by atoms with E-state index in [1.165, 1.54) is 18.4 Å². The molecule has 0 spiro atoms. The van der Waals surface area contributed by atoms with E-state index in [9.17, 15) is 10.1 Å². The number of nitrogens with one attached hydrogen (secondary N) is 1. The van der Waals surface area contributed by atoms with E-state index < -0.39 is 5.97 Å². The maximum atomic E-state index is 11.7. The highest BCUT2D eigenvalue weighted by Gasteiger charge is 2.22. The smallest absolute Gasteiger partial charge is 0.350 e. The molecule has 1 aromatic heterocycles. The van der Waals surface area contributed by atoms with E-state index in [-0.39, 0.29) is 5.69 Å². The van der Waals surface area contributed by atoms with Crippen LogP contribution in [0.1, 0.15) is 61.2 Å². The quantitative estimate of drug-likeness (QED) is 0.714. The van der Waals surface area contributed by atoms with Gasteiger partial charge in [-0.3, -0.25) is 0 Å². The molecule has 0 bridgehead atoms. The second-order valence-electron chi connectivity index (χ2n) is 4.92. The maximum Gasteiger partial charge on any atom is 0.350 e. The number of methoxy groups -OCH3 is 1. The van der Waals surface area contributed by atoms with Crippen LogP contribution in [0.15, 0.2) is 0 Å². The van der Waals surface area contributed by atoms with Crippen LogP contribution in [-0.4, -0.2) is 19.1 Å². The lowest BCUT2D eigenvalue weighted by atomic mass is 10.1. The Bertz CT molecular complexity index is 520. The van der Waals surface area contributed by atoms with Crippen LogP contribution in [0.3, 0.4) is 0 Å². The average molecular weight is 309 g/mol. The van der Waals surface area contributed by atoms with Crippen molar-refractivity contribution in [3.05, 3.63) is 10.4 Å². The van der Waals surface area contributed by atoms with E-state index in [2.05, 4.69) is 25.2 Å². The molecule has 0 radical (unpaired) electrons. The van der Waals surface area contributed by atoms with Crippen molar-refractivity contribution in [2.75, 3.05) is 18.2 Å². The molecule has 0 aromatic carbocycles. The van der Waals surface area contributed by atoms with Gasteiger partial charge in [0.2, 0.25) is 0 Å². The van der Waals surface area contributed by atoms with Crippen LogP contribution in [0.2, 0.25) is 0 Å². The molecule has 0 saturated heterocycles. The van der Waals surface area contributed by atoms with Crippen LogP contribution < -0.4 is 11.1 Å². The van der Waals surface area contributed by atoms with Gasteiger partial charge in [-0.15, -0.1) is 11.3 Å². The zero-order valence-electron chi connectivity index (χ0n) is 12.9. The van der Waals surface area contributed by atoms with E-state index in [1.807, 2.05) is 0 Å². The van der Waals surface area contributed by atoms with Gasteiger partial charge in [-0.05, 0) is 12.8 Å². The Labute approximate surface area is 130 Å². The predicted molar refractivity (Wildman–Crippen MR) is 86.6 cm³/mol. The van der Waals surface area contributed by atoms with Gasteiger partial charge < -0.3 is 15.8 Å². The minimum absolute atomic E-state index is 0.211. The number of thiophene rings is 1. The summed E-state index contributed by atoms with van der Waals surface area (Å²) >= 11 is 1.20. The Morgan fingerprint density at radius 2 is 2.14 bits per heavy atom. The van der Waals surface area contributed by atoms with Crippen LogP contribution in [0.25, 0.3) is 0 Å². The number of anilines is 2. The number of nitriles is 1. The molecule has 3 N–H and O–H groups in total. The first kappa shape index (κ1) is 17.3. The SMILES string of the molecule is CCCCC(CCC)Nc1sc(C(=O)OC)c(N)c1C#N. The lowest BCUT2D eigenvalue weighted by Gasteiger charge is -2.18. The third-order valence-corrected chi connectivity index (χ3v) is 4.42. The average Bonchev–Trinajstić information content (AvgIpc) is 2.80. The van der Waals surface area contributed by atoms with Gasteiger partial charge in [0.1, 0.15) is 21.5 Å². The van der Waals surface area contributed by atoms with Crippen LogP contribution in [0.5, 0.6) is 0 Å². The molecule has 5 nitrogen and oxygen atoms in total. The maximum absolute atomic E-state index is 11.7. The van der Waals surface area contributed by atoms with Crippen molar-refractivity contribution in [1.29, 1.82) is 5.26 Å². The molecule has 6 heteroatoms. The summed E-state index contributed by atoms with van der Waals surface area (Å²) in [6.07, 6.45) is 5.39. The molecule has 0 aliphatic heterocycles. The van der Waals surface area contributed by atoms with Gasteiger partial charge in [0.15, 0.2) is 0 Å². The highest BCUT2D eigenvalue weighted by atomic mass is 32.1. The third-order valence-electron chi connectivity index (χ3n) is 3.31. The standard InChI is InChI=1S/C15H23N3O2S/c1-4-6-8-10(7-5-2)18-14-11(9-16)12(17)13(21-14)15(19)20-3/h10,18H,4-8,17H2,1-3H3. The largest absolute Gasteiger partial charge is 0.465 e. The topological polar surface area (TPSA) is 88.1 Å². The van der Waals surface area contributed by atoms with Crippen LogP contribution in [0.4, 0.5) is 10.7 Å². The summed E-state index contributed by atoms with van der Waals surface area (Å²) in [6.45, 7) is 4.29. The highest BCUT2D eigenvalue weighted by molar-refractivity contribution is 7.18.